The van der Waals surface area contributed by atoms with E-state index in [4.69, 9.17) is 11.0 Å². The number of alkyl halides is 1. The third-order valence-electron chi connectivity index (χ3n) is 4.61. The molecule has 1 saturated heterocycles. The summed E-state index contributed by atoms with van der Waals surface area (Å²) in [6.07, 6.45) is 7.83. The van der Waals surface area contributed by atoms with Gasteiger partial charge in [-0.1, -0.05) is 25.3 Å². The number of nitriles is 1. The first-order valence-corrected chi connectivity index (χ1v) is 8.59. The average molecular weight is 332 g/mol. The molecule has 0 aromatic carbocycles. The van der Waals surface area contributed by atoms with E-state index in [0.717, 1.165) is 5.92 Å². The first kappa shape index (κ1) is 18.3. The molecule has 5 nitrogen and oxygen atoms in total. The van der Waals surface area contributed by atoms with Crippen LogP contribution in [0.3, 0.4) is 0 Å². The van der Waals surface area contributed by atoms with E-state index < -0.39 is 12.2 Å². The van der Waals surface area contributed by atoms with E-state index in [2.05, 4.69) is 17.1 Å². The Morgan fingerprint density at radius 2 is 2.12 bits per heavy atom. The number of nitrogens with two attached hydrogens (primary N) is 1. The molecule has 1 amide bonds. The van der Waals surface area contributed by atoms with Gasteiger partial charge in [0.05, 0.1) is 19.2 Å². The van der Waals surface area contributed by atoms with Crippen LogP contribution >= 0.6 is 0 Å². The van der Waals surface area contributed by atoms with Gasteiger partial charge >= 0.3 is 0 Å². The molecule has 3 rings (SSSR count). The van der Waals surface area contributed by atoms with Gasteiger partial charge in [-0.3, -0.25) is 9.78 Å². The van der Waals surface area contributed by atoms with Crippen molar-refractivity contribution in [2.45, 2.75) is 56.7 Å². The molecule has 2 unspecified atom stereocenters. The Morgan fingerprint density at radius 1 is 1.38 bits per heavy atom. The maximum Gasteiger partial charge on any atom is 0.237 e. The van der Waals surface area contributed by atoms with E-state index in [-0.39, 0.29) is 25.4 Å². The molecule has 0 spiro atoms. The van der Waals surface area contributed by atoms with Crippen LogP contribution in [0.15, 0.2) is 24.4 Å². The Balaban J connectivity index is 0.000000174. The fraction of sp³-hybridized carbons (Fsp3) is 0.611. The summed E-state index contributed by atoms with van der Waals surface area (Å²) in [5.41, 5.74) is 6.39. The molecule has 2 N–H and O–H groups in total. The number of hydrogen-bond acceptors (Lipinski definition) is 4. The molecule has 24 heavy (non-hydrogen) atoms. The number of aromatic nitrogens is 1. The van der Waals surface area contributed by atoms with Crippen molar-refractivity contribution >= 4 is 5.91 Å². The zero-order chi connectivity index (χ0) is 17.4. The van der Waals surface area contributed by atoms with Crippen molar-refractivity contribution in [3.8, 4) is 6.07 Å². The summed E-state index contributed by atoms with van der Waals surface area (Å²) in [5, 5.41) is 8.55. The van der Waals surface area contributed by atoms with Crippen molar-refractivity contribution in [3.05, 3.63) is 30.1 Å². The number of hydrogen-bond donors (Lipinski definition) is 1. The number of nitrogens with zero attached hydrogens (tertiary/aromatic N) is 3. The van der Waals surface area contributed by atoms with Gasteiger partial charge in [0, 0.05) is 24.2 Å². The number of rotatable bonds is 2. The molecule has 6 heteroatoms. The fourth-order valence-corrected chi connectivity index (χ4v) is 3.32. The predicted molar refractivity (Wildman–Crippen MR) is 89.7 cm³/mol. The lowest BCUT2D eigenvalue weighted by molar-refractivity contribution is -0.129. The number of carbonyl (C=O) groups is 1. The second-order valence-electron chi connectivity index (χ2n) is 6.32. The SMILES string of the molecule is N#CC1CC(F)CN1C(=O)CN.c1ccc(C2CCCCC2)nc1. The van der Waals surface area contributed by atoms with Gasteiger partial charge < -0.3 is 10.6 Å². The molecule has 2 heterocycles. The van der Waals surface area contributed by atoms with Crippen LogP contribution in [-0.2, 0) is 4.79 Å². The molecule has 1 aromatic heterocycles. The average Bonchev–Trinajstić information content (AvgIpc) is 3.04. The van der Waals surface area contributed by atoms with Crippen LogP contribution in [0.1, 0.15) is 50.1 Å². The zero-order valence-electron chi connectivity index (χ0n) is 13.9. The predicted octanol–water partition coefficient (Wildman–Crippen LogP) is 2.54. The smallest absolute Gasteiger partial charge is 0.237 e. The lowest BCUT2D eigenvalue weighted by Crippen LogP contribution is -2.39. The minimum Gasteiger partial charge on any atom is -0.323 e. The topological polar surface area (TPSA) is 83.0 Å². The molecule has 2 fully saturated rings. The minimum absolute atomic E-state index is 0.00819. The lowest BCUT2D eigenvalue weighted by atomic mass is 9.87. The standard InChI is InChI=1S/C11H15N.C7H10FN3O/c1-2-6-10(7-3-1)11-8-4-5-9-12-11;8-5-1-6(2-9)11(4-5)7(12)3-10/h4-5,8-10H,1-3,6-7H2;5-6H,1,3-4,10H2. The summed E-state index contributed by atoms with van der Waals surface area (Å²) in [6, 6.07) is 7.49. The van der Waals surface area contributed by atoms with Gasteiger partial charge in [-0.05, 0) is 25.0 Å². The van der Waals surface area contributed by atoms with Crippen LogP contribution in [0.5, 0.6) is 0 Å². The normalized spacial score (nSPS) is 24.0. The molecule has 2 atom stereocenters. The van der Waals surface area contributed by atoms with E-state index in [1.165, 1.54) is 42.7 Å². The maximum atomic E-state index is 12.7. The van der Waals surface area contributed by atoms with Crippen LogP contribution < -0.4 is 5.73 Å². The third kappa shape index (κ3) is 5.00. The molecule has 1 aliphatic heterocycles. The molecular weight excluding hydrogens is 307 g/mol. The highest BCUT2D eigenvalue weighted by Crippen LogP contribution is 2.30. The fourth-order valence-electron chi connectivity index (χ4n) is 3.32. The molecule has 130 valence electrons. The van der Waals surface area contributed by atoms with Gasteiger partial charge in [-0.25, -0.2) is 4.39 Å². The van der Waals surface area contributed by atoms with E-state index in [0.29, 0.717) is 0 Å². The van der Waals surface area contributed by atoms with Crippen LogP contribution in [0.4, 0.5) is 4.39 Å². The van der Waals surface area contributed by atoms with E-state index >= 15 is 0 Å². The summed E-state index contributed by atoms with van der Waals surface area (Å²) in [6.45, 7) is -0.154. The largest absolute Gasteiger partial charge is 0.323 e. The Labute approximate surface area is 142 Å². The second kappa shape index (κ2) is 9.33. The number of halogens is 1. The van der Waals surface area contributed by atoms with Crippen molar-refractivity contribution in [1.29, 1.82) is 5.26 Å². The maximum absolute atomic E-state index is 12.7. The number of likely N-dealkylation sites (tertiary alicyclic amines) is 1. The van der Waals surface area contributed by atoms with Gasteiger partial charge in [0.15, 0.2) is 0 Å². The van der Waals surface area contributed by atoms with Gasteiger partial charge in [0.25, 0.3) is 0 Å². The molecule has 1 saturated carbocycles. The van der Waals surface area contributed by atoms with Gasteiger partial charge in [-0.15, -0.1) is 0 Å². The first-order valence-electron chi connectivity index (χ1n) is 8.59. The third-order valence-corrected chi connectivity index (χ3v) is 4.61. The summed E-state index contributed by atoms with van der Waals surface area (Å²) in [5.74, 6) is 0.390. The van der Waals surface area contributed by atoms with Crippen LogP contribution in [0, 0.1) is 11.3 Å². The summed E-state index contributed by atoms with van der Waals surface area (Å²) >= 11 is 0. The second-order valence-corrected chi connectivity index (χ2v) is 6.32. The highest BCUT2D eigenvalue weighted by Gasteiger charge is 2.34. The number of pyridine rings is 1. The van der Waals surface area contributed by atoms with Crippen LogP contribution in [-0.4, -0.2) is 41.1 Å². The van der Waals surface area contributed by atoms with Crippen molar-refractivity contribution in [2.24, 2.45) is 5.73 Å². The van der Waals surface area contributed by atoms with Crippen LogP contribution in [0.25, 0.3) is 0 Å². The minimum atomic E-state index is -1.08. The van der Waals surface area contributed by atoms with Gasteiger partial charge in [0.1, 0.15) is 12.2 Å². The van der Waals surface area contributed by atoms with Crippen molar-refractivity contribution in [1.82, 2.24) is 9.88 Å². The Kier molecular flexibility index (Phi) is 7.13. The summed E-state index contributed by atoms with van der Waals surface area (Å²) in [4.78, 5) is 16.6. The van der Waals surface area contributed by atoms with Gasteiger partial charge in [0.2, 0.25) is 5.91 Å². The summed E-state index contributed by atoms with van der Waals surface area (Å²) < 4.78 is 12.7. The van der Waals surface area contributed by atoms with Crippen LogP contribution in [0.2, 0.25) is 0 Å². The molecular formula is C18H25FN4O. The molecule has 2 aliphatic rings. The molecule has 1 aliphatic carbocycles. The Morgan fingerprint density at radius 3 is 2.71 bits per heavy atom. The zero-order valence-corrected chi connectivity index (χ0v) is 13.9. The molecule has 1 aromatic rings. The summed E-state index contributed by atoms with van der Waals surface area (Å²) in [7, 11) is 0. The van der Waals surface area contributed by atoms with E-state index in [9.17, 15) is 9.18 Å². The number of carbonyl (C=O) groups excluding carboxylic acids is 1. The highest BCUT2D eigenvalue weighted by molar-refractivity contribution is 5.79. The van der Waals surface area contributed by atoms with E-state index in [1.54, 1.807) is 0 Å². The highest BCUT2D eigenvalue weighted by atomic mass is 19.1. The first-order chi connectivity index (χ1) is 11.7. The molecule has 0 bridgehead atoms. The van der Waals surface area contributed by atoms with Crippen molar-refractivity contribution < 1.29 is 9.18 Å². The quantitative estimate of drug-likeness (QED) is 0.902. The lowest BCUT2D eigenvalue weighted by Gasteiger charge is -2.20. The van der Waals surface area contributed by atoms with Gasteiger partial charge in [-0.2, -0.15) is 5.26 Å². The monoisotopic (exact) mass is 332 g/mol. The van der Waals surface area contributed by atoms with E-state index in [1.807, 2.05) is 18.3 Å². The van der Waals surface area contributed by atoms with Crippen molar-refractivity contribution in [3.63, 3.8) is 0 Å². The number of amides is 1. The molecule has 0 radical (unpaired) electrons. The Bertz CT molecular complexity index is 554. The van der Waals surface area contributed by atoms with Crippen molar-refractivity contribution in [2.75, 3.05) is 13.1 Å². The Hall–Kier alpha value is -2.00.